The van der Waals surface area contributed by atoms with E-state index in [-0.39, 0.29) is 43.1 Å². The molecule has 0 aliphatic carbocycles. The van der Waals surface area contributed by atoms with Gasteiger partial charge in [0.25, 0.3) is 0 Å². The number of aliphatic hydroxyl groups excluding tert-OH is 1. The van der Waals surface area contributed by atoms with Gasteiger partial charge in [0.05, 0.1) is 45.6 Å². The predicted octanol–water partition coefficient (Wildman–Crippen LogP) is 9.51. The Morgan fingerprint density at radius 3 is 2.45 bits per heavy atom. The fourth-order valence-electron chi connectivity index (χ4n) is 10.1. The molecule has 2 unspecified atom stereocenters. The van der Waals surface area contributed by atoms with Crippen LogP contribution < -0.4 is 20.3 Å². The van der Waals surface area contributed by atoms with Crippen molar-refractivity contribution in [3.8, 4) is 10.4 Å². The number of hydrogen-bond acceptors (Lipinski definition) is 17. The number of esters is 1. The van der Waals surface area contributed by atoms with E-state index in [0.29, 0.717) is 49.4 Å². The lowest BCUT2D eigenvalue weighted by molar-refractivity contribution is -0.144. The van der Waals surface area contributed by atoms with Crippen molar-refractivity contribution in [3.63, 3.8) is 0 Å². The summed E-state index contributed by atoms with van der Waals surface area (Å²) in [7, 11) is 2.17. The third-order valence-electron chi connectivity index (χ3n) is 14.9. The van der Waals surface area contributed by atoms with Gasteiger partial charge in [-0.15, -0.1) is 32.9 Å². The zero-order valence-electron chi connectivity index (χ0n) is 48.3. The molecule has 2 aliphatic heterocycles. The number of ether oxygens (including phenoxy) is 2. The van der Waals surface area contributed by atoms with Crippen LogP contribution in [-0.4, -0.2) is 137 Å². The highest BCUT2D eigenvalue weighted by Crippen LogP contribution is 2.39. The first kappa shape index (κ1) is 60.3. The molecule has 0 bridgehead atoms. The number of nitrogens with one attached hydrogen (secondary N) is 2. The first-order chi connectivity index (χ1) is 38.1. The molecule has 4 atom stereocenters. The molecule has 3 N–H and O–H groups in total. The number of thiazole rings is 3. The average molecular weight is 1170 g/mol. The molecule has 430 valence electrons. The van der Waals surface area contributed by atoms with Crippen molar-refractivity contribution in [2.24, 2.45) is 10.4 Å². The summed E-state index contributed by atoms with van der Waals surface area (Å²) in [6.45, 7) is 21.9. The summed E-state index contributed by atoms with van der Waals surface area (Å²) in [6.07, 6.45) is 3.90. The number of methoxy groups -OCH3 is 1. The van der Waals surface area contributed by atoms with E-state index in [2.05, 4.69) is 73.8 Å². The summed E-state index contributed by atoms with van der Waals surface area (Å²) in [6, 6.07) is 15.2. The van der Waals surface area contributed by atoms with Gasteiger partial charge < -0.3 is 39.9 Å². The van der Waals surface area contributed by atoms with Crippen molar-refractivity contribution in [1.82, 2.24) is 45.2 Å². The van der Waals surface area contributed by atoms with Gasteiger partial charge in [0.2, 0.25) is 17.7 Å². The number of fused-ring (bicyclic) bond motifs is 2. The van der Waals surface area contributed by atoms with Gasteiger partial charge in [0, 0.05) is 56.6 Å². The van der Waals surface area contributed by atoms with Gasteiger partial charge in [0.15, 0.2) is 27.3 Å². The quantitative estimate of drug-likeness (QED) is 0.0311. The van der Waals surface area contributed by atoms with Crippen LogP contribution in [-0.2, 0) is 43.4 Å². The van der Waals surface area contributed by atoms with Crippen molar-refractivity contribution in [2.75, 3.05) is 51.8 Å². The number of nitrogens with zero attached hydrogens (tertiary/aromatic N) is 9. The van der Waals surface area contributed by atoms with Crippen LogP contribution in [0, 0.1) is 19.3 Å². The molecule has 22 heteroatoms. The van der Waals surface area contributed by atoms with E-state index in [9.17, 15) is 24.3 Å². The molecule has 0 radical (unpaired) electrons. The minimum absolute atomic E-state index is 0.00261. The van der Waals surface area contributed by atoms with Crippen LogP contribution in [0.3, 0.4) is 0 Å². The first-order valence-corrected chi connectivity index (χ1v) is 34.0. The monoisotopic (exact) mass is 1170 g/mol. The van der Waals surface area contributed by atoms with E-state index in [1.54, 1.807) is 22.7 Å². The first-order valence-electron chi connectivity index (χ1n) is 27.8. The van der Waals surface area contributed by atoms with Crippen LogP contribution in [0.15, 0.2) is 59.0 Å². The van der Waals surface area contributed by atoms with E-state index in [0.717, 1.165) is 103 Å². The summed E-state index contributed by atoms with van der Waals surface area (Å²) in [5, 5.41) is 26.9. The van der Waals surface area contributed by atoms with Gasteiger partial charge in [-0.05, 0) is 114 Å². The van der Waals surface area contributed by atoms with Crippen LogP contribution in [0.5, 0.6) is 0 Å². The van der Waals surface area contributed by atoms with Crippen molar-refractivity contribution < 1.29 is 33.8 Å². The highest BCUT2D eigenvalue weighted by molar-refractivity contribution is 7.16. The Morgan fingerprint density at radius 1 is 0.988 bits per heavy atom. The summed E-state index contributed by atoms with van der Waals surface area (Å²) in [5.41, 5.74) is 7.49. The SMILES string of the molecule is COC(=O)c1nc(N2CCCc3c2nnc(N=c2sc4ccccc4n2COCC[Si](C)(C)C)c3C)sc1CCCN(C)CCCCC(=O)NC(C(=O)N1C[C@H](O)C[C@H]1C(=O)NC(C)c1ccc(-c2scnc2C)cc1)C(C)(C)C. The zero-order chi connectivity index (χ0) is 57.5. The summed E-state index contributed by atoms with van der Waals surface area (Å²) < 4.78 is 14.7. The molecule has 0 saturated carbocycles. The number of aromatic nitrogens is 5. The largest absolute Gasteiger partial charge is 0.464 e. The number of para-hydroxylation sites is 1. The number of anilines is 2. The smallest absolute Gasteiger partial charge is 0.357 e. The van der Waals surface area contributed by atoms with E-state index in [1.165, 1.54) is 23.3 Å². The summed E-state index contributed by atoms with van der Waals surface area (Å²) in [5.74, 6) is -0.167. The minimum Gasteiger partial charge on any atom is -0.464 e. The fourth-order valence-corrected chi connectivity index (χ4v) is 13.8. The average Bonchev–Trinajstić information content (AvgIpc) is 4.31. The molecule has 4 aromatic heterocycles. The minimum atomic E-state index is -1.25. The molecule has 2 aliphatic rings. The van der Waals surface area contributed by atoms with Gasteiger partial charge in [-0.25, -0.2) is 14.8 Å². The lowest BCUT2D eigenvalue weighted by Gasteiger charge is -2.35. The molecular formula is C58H79N11O7S3Si. The van der Waals surface area contributed by atoms with Crippen LogP contribution >= 0.6 is 34.0 Å². The van der Waals surface area contributed by atoms with Crippen molar-refractivity contribution in [2.45, 2.75) is 150 Å². The van der Waals surface area contributed by atoms with Crippen molar-refractivity contribution in [3.05, 3.63) is 91.8 Å². The Bertz CT molecular complexity index is 3220. The Kier molecular flexibility index (Phi) is 19.9. The van der Waals surface area contributed by atoms with E-state index in [4.69, 9.17) is 24.5 Å². The van der Waals surface area contributed by atoms with Gasteiger partial charge >= 0.3 is 5.97 Å². The maximum absolute atomic E-state index is 14.3. The maximum Gasteiger partial charge on any atom is 0.357 e. The zero-order valence-corrected chi connectivity index (χ0v) is 51.7. The second-order valence-electron chi connectivity index (χ2n) is 23.5. The molecule has 6 heterocycles. The lowest BCUT2D eigenvalue weighted by atomic mass is 9.85. The van der Waals surface area contributed by atoms with E-state index < -0.39 is 37.6 Å². The van der Waals surface area contributed by atoms with Crippen LogP contribution in [0.25, 0.3) is 20.7 Å². The van der Waals surface area contributed by atoms with Crippen molar-refractivity contribution in [1.29, 1.82) is 0 Å². The molecule has 8 rings (SSSR count). The molecule has 80 heavy (non-hydrogen) atoms. The molecular weight excluding hydrogens is 1090 g/mol. The summed E-state index contributed by atoms with van der Waals surface area (Å²) in [4.78, 5) is 77.5. The Hall–Kier alpha value is -5.75. The van der Waals surface area contributed by atoms with Gasteiger partial charge in [-0.2, -0.15) is 4.99 Å². The van der Waals surface area contributed by atoms with Gasteiger partial charge in [0.1, 0.15) is 18.8 Å². The molecule has 1 saturated heterocycles. The second-order valence-corrected chi connectivity index (χ2v) is 32.0. The van der Waals surface area contributed by atoms with Crippen LogP contribution in [0.1, 0.15) is 110 Å². The van der Waals surface area contributed by atoms with Crippen LogP contribution in [0.4, 0.5) is 16.8 Å². The Balaban J connectivity index is 0.831. The van der Waals surface area contributed by atoms with Gasteiger partial charge in [-0.1, -0.05) is 88.1 Å². The fraction of sp³-hybridized carbons (Fsp3) is 0.534. The number of rotatable bonds is 23. The van der Waals surface area contributed by atoms with Crippen LogP contribution in [0.2, 0.25) is 25.7 Å². The molecule has 6 aromatic rings. The Morgan fingerprint density at radius 2 is 1.74 bits per heavy atom. The molecule has 2 aromatic carbocycles. The number of carbonyl (C=O) groups excluding carboxylic acids is 4. The predicted molar refractivity (Wildman–Crippen MR) is 321 cm³/mol. The highest BCUT2D eigenvalue weighted by atomic mass is 32.1. The normalized spacial score (nSPS) is 16.8. The molecule has 18 nitrogen and oxygen atoms in total. The summed E-state index contributed by atoms with van der Waals surface area (Å²) >= 11 is 4.67. The van der Waals surface area contributed by atoms with Gasteiger partial charge in [-0.3, -0.25) is 19.0 Å². The number of benzene rings is 2. The van der Waals surface area contributed by atoms with E-state index in [1.807, 2.05) is 83.6 Å². The third-order valence-corrected chi connectivity index (χ3v) is 19.7. The lowest BCUT2D eigenvalue weighted by Crippen LogP contribution is -2.57. The number of amides is 3. The van der Waals surface area contributed by atoms with E-state index >= 15 is 0 Å². The number of aliphatic hydroxyl groups is 1. The van der Waals surface area contributed by atoms with Crippen molar-refractivity contribution >= 4 is 92.8 Å². The molecule has 3 amide bonds. The number of hydrogen-bond donors (Lipinski definition) is 3. The maximum atomic E-state index is 14.3. The number of unbranched alkanes of at least 4 members (excludes halogenated alkanes) is 1. The number of carbonyl (C=O) groups is 4. The number of aryl methyl sites for hydroxylation is 2. The highest BCUT2D eigenvalue weighted by Gasteiger charge is 2.45. The molecule has 1 fully saturated rings. The number of likely N-dealkylation sites (tertiary alicyclic amines) is 1. The third kappa shape index (κ3) is 14.8. The number of β-amino-alcohol motifs (C(OH)–C–C–N with tert-alkyl or cyclic N) is 1. The Labute approximate surface area is 483 Å². The molecule has 0 spiro atoms. The second kappa shape index (κ2) is 26.4. The standard InChI is InChI=1S/C58H79N11O7S3Si/c1-36-42-18-16-29-67(52(42)65-64-51(36)63-57-69(35-76-30-31-80(9,10)11)43-19-12-13-20-45(43)78-57)56-62-48(55(74)75-8)46(79-56)21-17-28-66(7)27-15-14-22-47(71)61-50(58(4,5)6)54(73)68-33-41(70)32-44(68)53(72)60-37(2)39-23-25-40(26-24-39)49-38(3)59-34-77-49/h12-13,19-20,23-26,34,37,41,44,50,70H,14-18,21-22,27-33,35H2,1-11H3,(H,60,72)(H,61,71)/t37?,41-,44+,50?/m1/s1. The topological polar surface area (TPSA) is 210 Å².